The Morgan fingerprint density at radius 3 is 2.38 bits per heavy atom. The molecule has 1 aromatic heterocycles. The standard InChI is InChI=1S/C22H24N4O3/c1-14-9-10-17(11-15(14)2)12-18(27)25(3)19-20(23)26(22(29)24-21(19)28)13-16-7-5-4-6-8-16/h4-11H,12-13,23H2,1-3H3,(H,24,28,29). The molecule has 0 unspecified atom stereocenters. The molecule has 0 atom stereocenters. The third kappa shape index (κ3) is 4.29. The first-order valence-corrected chi connectivity index (χ1v) is 9.27. The third-order valence-electron chi connectivity index (χ3n) is 5.03. The Kier molecular flexibility index (Phi) is 5.68. The maximum absolute atomic E-state index is 12.8. The highest BCUT2D eigenvalue weighted by Gasteiger charge is 2.21. The van der Waals surface area contributed by atoms with Gasteiger partial charge in [0.05, 0.1) is 13.0 Å². The van der Waals surface area contributed by atoms with Gasteiger partial charge in [-0.3, -0.25) is 19.1 Å². The summed E-state index contributed by atoms with van der Waals surface area (Å²) in [6.45, 7) is 4.17. The molecule has 0 aliphatic heterocycles. The van der Waals surface area contributed by atoms with Crippen LogP contribution in [0.5, 0.6) is 0 Å². The molecule has 2 aromatic carbocycles. The number of anilines is 2. The summed E-state index contributed by atoms with van der Waals surface area (Å²) in [6, 6.07) is 15.1. The molecule has 1 heterocycles. The SMILES string of the molecule is Cc1ccc(CC(=O)N(C)c2c(N)n(Cc3ccccc3)c(=O)[nH]c2=O)cc1C. The molecular weight excluding hydrogens is 368 g/mol. The van der Waals surface area contributed by atoms with E-state index in [1.807, 2.05) is 62.4 Å². The minimum atomic E-state index is -0.687. The highest BCUT2D eigenvalue weighted by molar-refractivity contribution is 5.96. The van der Waals surface area contributed by atoms with Crippen LogP contribution in [0.2, 0.25) is 0 Å². The molecule has 3 rings (SSSR count). The number of rotatable bonds is 5. The van der Waals surface area contributed by atoms with Gasteiger partial charge in [-0.15, -0.1) is 0 Å². The summed E-state index contributed by atoms with van der Waals surface area (Å²) in [5, 5.41) is 0. The Hall–Kier alpha value is -3.61. The highest BCUT2D eigenvalue weighted by Crippen LogP contribution is 2.18. The van der Waals surface area contributed by atoms with Crippen LogP contribution in [0.25, 0.3) is 0 Å². The predicted octanol–water partition coefficient (Wildman–Crippen LogP) is 1.99. The average molecular weight is 392 g/mol. The van der Waals surface area contributed by atoms with Gasteiger partial charge in [0.25, 0.3) is 5.56 Å². The van der Waals surface area contributed by atoms with E-state index in [4.69, 9.17) is 5.73 Å². The molecule has 7 heteroatoms. The van der Waals surface area contributed by atoms with Crippen molar-refractivity contribution in [2.45, 2.75) is 26.8 Å². The smallest absolute Gasteiger partial charge is 0.330 e. The van der Waals surface area contributed by atoms with Crippen LogP contribution in [0.3, 0.4) is 0 Å². The van der Waals surface area contributed by atoms with Crippen molar-refractivity contribution in [3.05, 3.63) is 91.6 Å². The second-order valence-electron chi connectivity index (χ2n) is 7.11. The van der Waals surface area contributed by atoms with Crippen molar-refractivity contribution in [1.29, 1.82) is 0 Å². The number of nitrogen functional groups attached to an aromatic ring is 1. The summed E-state index contributed by atoms with van der Waals surface area (Å²) in [5.74, 6) is -0.339. The molecule has 0 spiro atoms. The lowest BCUT2D eigenvalue weighted by Crippen LogP contribution is -2.40. The van der Waals surface area contributed by atoms with E-state index in [1.54, 1.807) is 0 Å². The van der Waals surface area contributed by atoms with Crippen molar-refractivity contribution in [3.63, 3.8) is 0 Å². The quantitative estimate of drug-likeness (QED) is 0.693. The summed E-state index contributed by atoms with van der Waals surface area (Å²) >= 11 is 0. The number of aryl methyl sites for hydroxylation is 2. The van der Waals surface area contributed by atoms with Gasteiger partial charge in [0.2, 0.25) is 5.91 Å². The molecular formula is C22H24N4O3. The molecule has 3 N–H and O–H groups in total. The Morgan fingerprint density at radius 2 is 1.72 bits per heavy atom. The van der Waals surface area contributed by atoms with E-state index in [2.05, 4.69) is 4.98 Å². The van der Waals surface area contributed by atoms with Gasteiger partial charge in [0, 0.05) is 7.05 Å². The number of nitrogens with two attached hydrogens (primary N) is 1. The summed E-state index contributed by atoms with van der Waals surface area (Å²) in [5.41, 5.74) is 8.75. The van der Waals surface area contributed by atoms with Gasteiger partial charge in [0.15, 0.2) is 5.69 Å². The van der Waals surface area contributed by atoms with Crippen molar-refractivity contribution in [3.8, 4) is 0 Å². The number of hydrogen-bond donors (Lipinski definition) is 2. The van der Waals surface area contributed by atoms with Crippen LogP contribution in [0.15, 0.2) is 58.1 Å². The monoisotopic (exact) mass is 392 g/mol. The predicted molar refractivity (Wildman–Crippen MR) is 114 cm³/mol. The molecule has 0 saturated carbocycles. The lowest BCUT2D eigenvalue weighted by Gasteiger charge is -2.20. The zero-order valence-corrected chi connectivity index (χ0v) is 16.7. The molecule has 0 aliphatic rings. The van der Waals surface area contributed by atoms with Crippen molar-refractivity contribution in [1.82, 2.24) is 9.55 Å². The summed E-state index contributed by atoms with van der Waals surface area (Å²) in [7, 11) is 1.49. The van der Waals surface area contributed by atoms with E-state index < -0.39 is 11.2 Å². The Balaban J connectivity index is 1.93. The van der Waals surface area contributed by atoms with E-state index in [0.29, 0.717) is 0 Å². The Morgan fingerprint density at radius 1 is 1.03 bits per heavy atom. The summed E-state index contributed by atoms with van der Waals surface area (Å²) in [4.78, 5) is 41.0. The van der Waals surface area contributed by atoms with E-state index >= 15 is 0 Å². The van der Waals surface area contributed by atoms with E-state index in [9.17, 15) is 14.4 Å². The number of amides is 1. The molecule has 150 valence electrons. The zero-order chi connectivity index (χ0) is 21.1. The number of H-pyrrole nitrogens is 1. The first-order chi connectivity index (χ1) is 13.8. The maximum atomic E-state index is 12.8. The van der Waals surface area contributed by atoms with Crippen molar-refractivity contribution < 1.29 is 4.79 Å². The van der Waals surface area contributed by atoms with Crippen LogP contribution in [-0.4, -0.2) is 22.5 Å². The molecule has 7 nitrogen and oxygen atoms in total. The topological polar surface area (TPSA) is 101 Å². The van der Waals surface area contributed by atoms with E-state index in [1.165, 1.54) is 16.5 Å². The number of aromatic nitrogens is 2. The number of hydrogen-bond acceptors (Lipinski definition) is 4. The molecule has 29 heavy (non-hydrogen) atoms. The fourth-order valence-corrected chi connectivity index (χ4v) is 3.16. The van der Waals surface area contributed by atoms with Gasteiger partial charge in [-0.2, -0.15) is 0 Å². The number of aromatic amines is 1. The molecule has 0 bridgehead atoms. The lowest BCUT2D eigenvalue weighted by atomic mass is 10.0. The van der Waals surface area contributed by atoms with Crippen LogP contribution in [0, 0.1) is 13.8 Å². The van der Waals surface area contributed by atoms with Gasteiger partial charge in [0.1, 0.15) is 5.82 Å². The third-order valence-corrected chi connectivity index (χ3v) is 5.03. The summed E-state index contributed by atoms with van der Waals surface area (Å²) < 4.78 is 1.26. The van der Waals surface area contributed by atoms with E-state index in [-0.39, 0.29) is 30.4 Å². The first kappa shape index (κ1) is 20.1. The van der Waals surface area contributed by atoms with Gasteiger partial charge in [-0.1, -0.05) is 48.5 Å². The van der Waals surface area contributed by atoms with Crippen LogP contribution < -0.4 is 21.9 Å². The van der Waals surface area contributed by atoms with Gasteiger partial charge >= 0.3 is 5.69 Å². The Bertz CT molecular complexity index is 1160. The van der Waals surface area contributed by atoms with Crippen molar-refractivity contribution >= 4 is 17.4 Å². The zero-order valence-electron chi connectivity index (χ0n) is 16.7. The molecule has 0 aliphatic carbocycles. The minimum Gasteiger partial charge on any atom is -0.383 e. The first-order valence-electron chi connectivity index (χ1n) is 9.27. The van der Waals surface area contributed by atoms with Crippen molar-refractivity contribution in [2.24, 2.45) is 0 Å². The van der Waals surface area contributed by atoms with Gasteiger partial charge in [-0.05, 0) is 36.1 Å². The van der Waals surface area contributed by atoms with Gasteiger partial charge < -0.3 is 10.6 Å². The molecule has 0 radical (unpaired) electrons. The number of carbonyl (C=O) groups is 1. The second kappa shape index (κ2) is 8.18. The number of nitrogens with zero attached hydrogens (tertiary/aromatic N) is 2. The lowest BCUT2D eigenvalue weighted by molar-refractivity contribution is -0.117. The number of nitrogens with one attached hydrogen (secondary N) is 1. The van der Waals surface area contributed by atoms with E-state index in [0.717, 1.165) is 22.3 Å². The number of carbonyl (C=O) groups excluding carboxylic acids is 1. The van der Waals surface area contributed by atoms with Crippen molar-refractivity contribution in [2.75, 3.05) is 17.7 Å². The molecule has 0 saturated heterocycles. The second-order valence-corrected chi connectivity index (χ2v) is 7.11. The number of benzene rings is 2. The molecule has 3 aromatic rings. The van der Waals surface area contributed by atoms with Crippen LogP contribution in [0.1, 0.15) is 22.3 Å². The minimum absolute atomic E-state index is 0.0330. The fourth-order valence-electron chi connectivity index (χ4n) is 3.16. The fraction of sp³-hybridized carbons (Fsp3) is 0.227. The average Bonchev–Trinajstić information content (AvgIpc) is 2.68. The Labute approximate surface area is 168 Å². The largest absolute Gasteiger partial charge is 0.383 e. The summed E-state index contributed by atoms with van der Waals surface area (Å²) in [6.07, 6.45) is 0.119. The van der Waals surface area contributed by atoms with Crippen LogP contribution >= 0.6 is 0 Å². The normalized spacial score (nSPS) is 10.7. The molecule has 1 amide bonds. The van der Waals surface area contributed by atoms with Crippen LogP contribution in [-0.2, 0) is 17.8 Å². The highest BCUT2D eigenvalue weighted by atomic mass is 16.2. The van der Waals surface area contributed by atoms with Crippen LogP contribution in [0.4, 0.5) is 11.5 Å². The molecule has 0 fully saturated rings. The number of likely N-dealkylation sites (N-methyl/N-ethyl adjacent to an activating group) is 1. The van der Waals surface area contributed by atoms with Gasteiger partial charge in [-0.25, -0.2) is 4.79 Å². The maximum Gasteiger partial charge on any atom is 0.330 e.